The minimum Gasteiger partial charge on any atom is -0.496 e. The molecule has 29 heavy (non-hydrogen) atoms. The first kappa shape index (κ1) is 21.3. The molecule has 0 aliphatic carbocycles. The Morgan fingerprint density at radius 3 is 2.34 bits per heavy atom. The Morgan fingerprint density at radius 1 is 1.07 bits per heavy atom. The van der Waals surface area contributed by atoms with Gasteiger partial charge in [0.15, 0.2) is 12.5 Å². The van der Waals surface area contributed by atoms with Gasteiger partial charge in [0.05, 0.1) is 19.7 Å². The molecule has 0 spiro atoms. The highest BCUT2D eigenvalue weighted by Crippen LogP contribution is 2.28. The van der Waals surface area contributed by atoms with Gasteiger partial charge in [0.1, 0.15) is 12.3 Å². The SMILES string of the molecule is COc1ccccc1-c1nn(C[NH+](C)Cc2ccc(C(C)(C)C)cc2)c(=S)n1C. The number of quaternary nitrogens is 1. The summed E-state index contributed by atoms with van der Waals surface area (Å²) >= 11 is 5.64. The van der Waals surface area contributed by atoms with Gasteiger partial charge in [-0.1, -0.05) is 57.2 Å². The molecule has 1 heterocycles. The molecule has 0 aliphatic heterocycles. The van der Waals surface area contributed by atoms with Crippen LogP contribution < -0.4 is 9.64 Å². The highest BCUT2D eigenvalue weighted by molar-refractivity contribution is 7.71. The Morgan fingerprint density at radius 2 is 1.72 bits per heavy atom. The molecular weight excluding hydrogens is 380 g/mol. The van der Waals surface area contributed by atoms with Crippen LogP contribution in [0.15, 0.2) is 48.5 Å². The number of benzene rings is 2. The van der Waals surface area contributed by atoms with Crippen molar-refractivity contribution >= 4 is 12.2 Å². The minimum atomic E-state index is 0.174. The van der Waals surface area contributed by atoms with Crippen molar-refractivity contribution in [3.05, 3.63) is 64.4 Å². The number of methoxy groups -OCH3 is 1. The van der Waals surface area contributed by atoms with Gasteiger partial charge in [-0.25, -0.2) is 0 Å². The first-order valence-electron chi connectivity index (χ1n) is 9.88. The highest BCUT2D eigenvalue weighted by Gasteiger charge is 2.17. The average molecular weight is 412 g/mol. The lowest BCUT2D eigenvalue weighted by Gasteiger charge is -2.19. The fourth-order valence-corrected chi connectivity index (χ4v) is 3.63. The average Bonchev–Trinajstić information content (AvgIpc) is 2.96. The third-order valence-electron chi connectivity index (χ3n) is 5.13. The van der Waals surface area contributed by atoms with E-state index in [-0.39, 0.29) is 5.41 Å². The molecule has 0 fully saturated rings. The summed E-state index contributed by atoms with van der Waals surface area (Å²) in [5.41, 5.74) is 3.78. The van der Waals surface area contributed by atoms with Gasteiger partial charge >= 0.3 is 0 Å². The van der Waals surface area contributed by atoms with Gasteiger partial charge in [-0.3, -0.25) is 0 Å². The molecule has 1 atom stereocenters. The van der Waals surface area contributed by atoms with Gasteiger partial charge in [-0.05, 0) is 35.3 Å². The van der Waals surface area contributed by atoms with E-state index in [1.54, 1.807) is 7.11 Å². The van der Waals surface area contributed by atoms with Crippen molar-refractivity contribution in [2.45, 2.75) is 39.4 Å². The molecule has 5 nitrogen and oxygen atoms in total. The van der Waals surface area contributed by atoms with Crippen LogP contribution >= 0.6 is 12.2 Å². The van der Waals surface area contributed by atoms with Crippen molar-refractivity contribution in [3.63, 3.8) is 0 Å². The Kier molecular flexibility index (Phi) is 6.24. The largest absolute Gasteiger partial charge is 0.496 e. The molecular formula is C23H31N4OS+. The van der Waals surface area contributed by atoms with Crippen molar-refractivity contribution in [2.75, 3.05) is 14.2 Å². The Bertz CT molecular complexity index is 1030. The van der Waals surface area contributed by atoms with Crippen molar-refractivity contribution in [3.8, 4) is 17.1 Å². The summed E-state index contributed by atoms with van der Waals surface area (Å²) in [6.45, 7) is 8.32. The van der Waals surface area contributed by atoms with Crippen LogP contribution in [0, 0.1) is 4.77 Å². The molecule has 1 unspecified atom stereocenters. The van der Waals surface area contributed by atoms with E-state index in [1.165, 1.54) is 16.0 Å². The maximum absolute atomic E-state index is 5.64. The maximum atomic E-state index is 5.64. The van der Waals surface area contributed by atoms with Crippen molar-refractivity contribution < 1.29 is 9.64 Å². The van der Waals surface area contributed by atoms with E-state index in [1.807, 2.05) is 40.6 Å². The van der Waals surface area contributed by atoms with Crippen LogP contribution in [-0.2, 0) is 25.7 Å². The Labute approximate surface area is 178 Å². The van der Waals surface area contributed by atoms with Crippen molar-refractivity contribution in [2.24, 2.45) is 7.05 Å². The van der Waals surface area contributed by atoms with Gasteiger partial charge in [-0.15, -0.1) is 5.10 Å². The third kappa shape index (κ3) is 4.77. The summed E-state index contributed by atoms with van der Waals surface area (Å²) in [6, 6.07) is 16.8. The zero-order chi connectivity index (χ0) is 21.2. The van der Waals surface area contributed by atoms with Gasteiger partial charge in [-0.2, -0.15) is 4.68 Å². The van der Waals surface area contributed by atoms with Crippen LogP contribution in [0.25, 0.3) is 11.4 Å². The van der Waals surface area contributed by atoms with Crippen LogP contribution in [0.5, 0.6) is 5.75 Å². The zero-order valence-electron chi connectivity index (χ0n) is 18.2. The number of rotatable bonds is 6. The number of hydrogen-bond donors (Lipinski definition) is 1. The molecule has 0 aliphatic rings. The van der Waals surface area contributed by atoms with E-state index >= 15 is 0 Å². The monoisotopic (exact) mass is 411 g/mol. The fourth-order valence-electron chi connectivity index (χ4n) is 3.44. The first-order chi connectivity index (χ1) is 13.7. The highest BCUT2D eigenvalue weighted by atomic mass is 32.1. The van der Waals surface area contributed by atoms with Crippen LogP contribution in [0.3, 0.4) is 0 Å². The summed E-state index contributed by atoms with van der Waals surface area (Å²) in [5.74, 6) is 1.61. The van der Waals surface area contributed by atoms with Crippen LogP contribution in [-0.4, -0.2) is 28.5 Å². The second-order valence-corrected chi connectivity index (χ2v) is 8.97. The summed E-state index contributed by atoms with van der Waals surface area (Å²) in [5, 5.41) is 4.79. The molecule has 0 saturated carbocycles. The van der Waals surface area contributed by atoms with Gasteiger partial charge < -0.3 is 14.2 Å². The van der Waals surface area contributed by atoms with E-state index in [0.717, 1.165) is 23.7 Å². The van der Waals surface area contributed by atoms with E-state index in [2.05, 4.69) is 52.1 Å². The van der Waals surface area contributed by atoms with Gasteiger partial charge in [0.2, 0.25) is 4.77 Å². The van der Waals surface area contributed by atoms with Gasteiger partial charge in [0.25, 0.3) is 0 Å². The first-order valence-corrected chi connectivity index (χ1v) is 10.3. The van der Waals surface area contributed by atoms with Crippen LogP contribution in [0.4, 0.5) is 0 Å². The molecule has 6 heteroatoms. The molecule has 3 aromatic rings. The number of aromatic nitrogens is 3. The summed E-state index contributed by atoms with van der Waals surface area (Å²) in [7, 11) is 5.79. The Hall–Kier alpha value is -2.44. The smallest absolute Gasteiger partial charge is 0.202 e. The predicted octanol–water partition coefficient (Wildman–Crippen LogP) is 3.60. The lowest BCUT2D eigenvalue weighted by Crippen LogP contribution is -3.07. The minimum absolute atomic E-state index is 0.174. The van der Waals surface area contributed by atoms with Crippen molar-refractivity contribution in [1.82, 2.24) is 14.3 Å². The quantitative estimate of drug-likeness (QED) is 0.630. The predicted molar refractivity (Wildman–Crippen MR) is 120 cm³/mol. The molecule has 3 rings (SSSR count). The van der Waals surface area contributed by atoms with E-state index < -0.39 is 0 Å². The molecule has 1 aromatic heterocycles. The fraction of sp³-hybridized carbons (Fsp3) is 0.391. The second kappa shape index (κ2) is 8.51. The van der Waals surface area contributed by atoms with E-state index in [4.69, 9.17) is 22.1 Å². The van der Waals surface area contributed by atoms with Crippen LogP contribution in [0.2, 0.25) is 0 Å². The maximum Gasteiger partial charge on any atom is 0.202 e. The lowest BCUT2D eigenvalue weighted by atomic mass is 9.87. The van der Waals surface area contributed by atoms with Gasteiger partial charge in [0, 0.05) is 12.6 Å². The number of nitrogens with zero attached hydrogens (tertiary/aromatic N) is 3. The lowest BCUT2D eigenvalue weighted by molar-refractivity contribution is -0.917. The molecule has 154 valence electrons. The second-order valence-electron chi connectivity index (χ2n) is 8.60. The van der Waals surface area contributed by atoms with Crippen LogP contribution in [0.1, 0.15) is 31.9 Å². The number of ether oxygens (including phenoxy) is 1. The summed E-state index contributed by atoms with van der Waals surface area (Å²) in [6.07, 6.45) is 0. The summed E-state index contributed by atoms with van der Waals surface area (Å²) in [4.78, 5) is 1.31. The topological polar surface area (TPSA) is 36.4 Å². The molecule has 2 aromatic carbocycles. The Balaban J connectivity index is 1.78. The molecule has 0 radical (unpaired) electrons. The van der Waals surface area contributed by atoms with Crippen molar-refractivity contribution in [1.29, 1.82) is 0 Å². The number of nitrogens with one attached hydrogen (secondary N) is 1. The zero-order valence-corrected chi connectivity index (χ0v) is 19.0. The van der Waals surface area contributed by atoms with E-state index in [9.17, 15) is 0 Å². The number of hydrogen-bond acceptors (Lipinski definition) is 3. The normalized spacial score (nSPS) is 12.8. The molecule has 0 saturated heterocycles. The summed E-state index contributed by atoms with van der Waals surface area (Å²) < 4.78 is 10.0. The molecule has 0 bridgehead atoms. The number of para-hydroxylation sites is 1. The standard InChI is InChI=1S/C23H30N4OS/c1-23(2,3)18-13-11-17(12-14-18)15-25(4)16-27-22(29)26(5)21(24-27)19-9-7-8-10-20(19)28-6/h7-14H,15-16H2,1-6H3/p+1. The van der Waals surface area contributed by atoms with E-state index in [0.29, 0.717) is 11.4 Å². The molecule has 0 amide bonds. The molecule has 1 N–H and O–H groups in total. The third-order valence-corrected chi connectivity index (χ3v) is 5.62.